The summed E-state index contributed by atoms with van der Waals surface area (Å²) in [7, 11) is 1.75. The number of likely N-dealkylation sites (tertiary alicyclic amines) is 1. The molecular weight excluding hydrogens is 257 g/mol. The van der Waals surface area contributed by atoms with Gasteiger partial charge in [-0.25, -0.2) is 4.39 Å². The van der Waals surface area contributed by atoms with Crippen molar-refractivity contribution >= 4 is 11.6 Å². The van der Waals surface area contributed by atoms with Gasteiger partial charge in [0.25, 0.3) is 5.91 Å². The van der Waals surface area contributed by atoms with Gasteiger partial charge in [-0.1, -0.05) is 6.92 Å². The zero-order valence-corrected chi connectivity index (χ0v) is 12.1. The van der Waals surface area contributed by atoms with Gasteiger partial charge in [0, 0.05) is 25.3 Å². The Bertz CT molecular complexity index is 492. The summed E-state index contributed by atoms with van der Waals surface area (Å²) in [5.74, 6) is -0.656. The molecule has 1 aromatic carbocycles. The molecule has 0 bridgehead atoms. The van der Waals surface area contributed by atoms with E-state index >= 15 is 0 Å². The maximum absolute atomic E-state index is 13.3. The van der Waals surface area contributed by atoms with E-state index in [-0.39, 0.29) is 11.5 Å². The second kappa shape index (κ2) is 6.22. The number of anilines is 1. The van der Waals surface area contributed by atoms with Crippen LogP contribution in [-0.2, 0) is 0 Å². The lowest BCUT2D eigenvalue weighted by Crippen LogP contribution is -2.41. The summed E-state index contributed by atoms with van der Waals surface area (Å²) in [5.41, 5.74) is 6.33. The van der Waals surface area contributed by atoms with Crippen molar-refractivity contribution in [1.29, 1.82) is 0 Å². The zero-order valence-electron chi connectivity index (χ0n) is 12.1. The van der Waals surface area contributed by atoms with E-state index in [4.69, 9.17) is 5.73 Å². The molecule has 0 radical (unpaired) electrons. The number of nitrogens with zero attached hydrogens (tertiary/aromatic N) is 2. The number of halogens is 1. The van der Waals surface area contributed by atoms with Crippen LogP contribution in [0.15, 0.2) is 18.2 Å². The number of amides is 1. The Hall–Kier alpha value is -1.62. The molecule has 4 nitrogen and oxygen atoms in total. The van der Waals surface area contributed by atoms with Gasteiger partial charge in [-0.15, -0.1) is 0 Å². The average molecular weight is 279 g/mol. The minimum atomic E-state index is -0.438. The summed E-state index contributed by atoms with van der Waals surface area (Å²) in [6.07, 6.45) is 2.27. The molecule has 1 saturated heterocycles. The van der Waals surface area contributed by atoms with Gasteiger partial charge in [0.2, 0.25) is 0 Å². The molecule has 0 aliphatic carbocycles. The standard InChI is InChI=1S/C15H22FN3O/c1-3-19-8-4-5-12(19)10-18(2)15(20)13-9-11(16)6-7-14(13)17/h6-7,9,12H,3-5,8,10,17H2,1-2H3. The monoisotopic (exact) mass is 279 g/mol. The Labute approximate surface area is 119 Å². The van der Waals surface area contributed by atoms with Gasteiger partial charge in [0.1, 0.15) is 5.82 Å². The van der Waals surface area contributed by atoms with E-state index in [1.165, 1.54) is 24.6 Å². The quantitative estimate of drug-likeness (QED) is 0.857. The van der Waals surface area contributed by atoms with Crippen LogP contribution in [0.1, 0.15) is 30.1 Å². The van der Waals surface area contributed by atoms with Crippen LogP contribution < -0.4 is 5.73 Å². The van der Waals surface area contributed by atoms with Gasteiger partial charge in [-0.3, -0.25) is 9.69 Å². The van der Waals surface area contributed by atoms with Gasteiger partial charge in [-0.05, 0) is 44.1 Å². The molecule has 1 aromatic rings. The second-order valence-electron chi connectivity index (χ2n) is 5.34. The van der Waals surface area contributed by atoms with Crippen molar-refractivity contribution in [2.45, 2.75) is 25.8 Å². The Balaban J connectivity index is 2.07. The molecule has 110 valence electrons. The molecule has 5 heteroatoms. The highest BCUT2D eigenvalue weighted by Crippen LogP contribution is 2.20. The van der Waals surface area contributed by atoms with Gasteiger partial charge in [0.05, 0.1) is 5.56 Å². The maximum atomic E-state index is 13.3. The molecule has 2 rings (SSSR count). The average Bonchev–Trinajstić information content (AvgIpc) is 2.87. The Morgan fingerprint density at radius 2 is 2.30 bits per heavy atom. The van der Waals surface area contributed by atoms with Crippen molar-refractivity contribution in [2.24, 2.45) is 0 Å². The van der Waals surface area contributed by atoms with Crippen LogP contribution in [0.2, 0.25) is 0 Å². The molecule has 0 saturated carbocycles. The third kappa shape index (κ3) is 3.10. The molecule has 1 unspecified atom stereocenters. The number of likely N-dealkylation sites (N-methyl/N-ethyl adjacent to an activating group) is 2. The van der Waals surface area contributed by atoms with Crippen LogP contribution in [0.3, 0.4) is 0 Å². The van der Waals surface area contributed by atoms with E-state index in [1.807, 2.05) is 0 Å². The first-order valence-electron chi connectivity index (χ1n) is 7.07. The SMILES string of the molecule is CCN1CCCC1CN(C)C(=O)c1cc(F)ccc1N. The summed E-state index contributed by atoms with van der Waals surface area (Å²) >= 11 is 0. The second-order valence-corrected chi connectivity index (χ2v) is 5.34. The summed E-state index contributed by atoms with van der Waals surface area (Å²) in [5, 5.41) is 0. The molecule has 20 heavy (non-hydrogen) atoms. The largest absolute Gasteiger partial charge is 0.398 e. The number of hydrogen-bond donors (Lipinski definition) is 1. The van der Waals surface area contributed by atoms with Gasteiger partial charge < -0.3 is 10.6 Å². The first kappa shape index (κ1) is 14.8. The zero-order chi connectivity index (χ0) is 14.7. The van der Waals surface area contributed by atoms with E-state index in [9.17, 15) is 9.18 Å². The number of carbonyl (C=O) groups excluding carboxylic acids is 1. The van der Waals surface area contributed by atoms with E-state index in [1.54, 1.807) is 11.9 Å². The van der Waals surface area contributed by atoms with Crippen molar-refractivity contribution < 1.29 is 9.18 Å². The Kier molecular flexibility index (Phi) is 4.60. The fourth-order valence-corrected chi connectivity index (χ4v) is 2.84. The van der Waals surface area contributed by atoms with Crippen LogP contribution in [0.4, 0.5) is 10.1 Å². The van der Waals surface area contributed by atoms with Crippen molar-refractivity contribution in [3.8, 4) is 0 Å². The molecule has 1 aliphatic rings. The highest BCUT2D eigenvalue weighted by atomic mass is 19.1. The van der Waals surface area contributed by atoms with E-state index in [0.717, 1.165) is 19.5 Å². The maximum Gasteiger partial charge on any atom is 0.255 e. The van der Waals surface area contributed by atoms with Crippen molar-refractivity contribution in [3.05, 3.63) is 29.6 Å². The third-order valence-corrected chi connectivity index (χ3v) is 3.98. The van der Waals surface area contributed by atoms with Gasteiger partial charge in [-0.2, -0.15) is 0 Å². The van der Waals surface area contributed by atoms with E-state index in [2.05, 4.69) is 11.8 Å². The summed E-state index contributed by atoms with van der Waals surface area (Å²) in [4.78, 5) is 16.4. The number of benzene rings is 1. The fourth-order valence-electron chi connectivity index (χ4n) is 2.84. The lowest BCUT2D eigenvalue weighted by atomic mass is 10.1. The first-order chi connectivity index (χ1) is 9.52. The topological polar surface area (TPSA) is 49.6 Å². The van der Waals surface area contributed by atoms with Crippen LogP contribution in [0, 0.1) is 5.82 Å². The van der Waals surface area contributed by atoms with Gasteiger partial charge in [0.15, 0.2) is 0 Å². The van der Waals surface area contributed by atoms with Crippen LogP contribution >= 0.6 is 0 Å². The molecule has 1 heterocycles. The van der Waals surface area contributed by atoms with E-state index < -0.39 is 5.82 Å². The fraction of sp³-hybridized carbons (Fsp3) is 0.533. The minimum Gasteiger partial charge on any atom is -0.398 e. The molecule has 0 spiro atoms. The molecule has 1 fully saturated rings. The van der Waals surface area contributed by atoms with Crippen LogP contribution in [0.25, 0.3) is 0 Å². The third-order valence-electron chi connectivity index (χ3n) is 3.98. The number of carbonyl (C=O) groups is 1. The molecule has 1 atom stereocenters. The van der Waals surface area contributed by atoms with Crippen LogP contribution in [-0.4, -0.2) is 48.4 Å². The van der Waals surface area contributed by atoms with Crippen molar-refractivity contribution in [3.63, 3.8) is 0 Å². The molecule has 1 amide bonds. The normalized spacial score (nSPS) is 19.2. The van der Waals surface area contributed by atoms with Gasteiger partial charge >= 0.3 is 0 Å². The lowest BCUT2D eigenvalue weighted by molar-refractivity contribution is 0.0755. The molecule has 2 N–H and O–H groups in total. The Morgan fingerprint density at radius 1 is 1.55 bits per heavy atom. The minimum absolute atomic E-state index is 0.218. The van der Waals surface area contributed by atoms with Crippen molar-refractivity contribution in [1.82, 2.24) is 9.80 Å². The Morgan fingerprint density at radius 3 is 3.00 bits per heavy atom. The van der Waals surface area contributed by atoms with E-state index in [0.29, 0.717) is 18.3 Å². The highest BCUT2D eigenvalue weighted by molar-refractivity contribution is 5.99. The number of nitrogen functional groups attached to an aromatic ring is 1. The lowest BCUT2D eigenvalue weighted by Gasteiger charge is -2.28. The summed E-state index contributed by atoms with van der Waals surface area (Å²) in [6, 6.07) is 4.30. The molecular formula is C15H22FN3O. The van der Waals surface area contributed by atoms with Crippen molar-refractivity contribution in [2.75, 3.05) is 32.4 Å². The number of rotatable bonds is 4. The predicted molar refractivity (Wildman–Crippen MR) is 78.0 cm³/mol. The summed E-state index contributed by atoms with van der Waals surface area (Å²) in [6.45, 7) is 4.87. The molecule has 0 aromatic heterocycles. The summed E-state index contributed by atoms with van der Waals surface area (Å²) < 4.78 is 13.3. The molecule has 1 aliphatic heterocycles. The number of nitrogens with two attached hydrogens (primary N) is 1. The predicted octanol–water partition coefficient (Wildman–Crippen LogP) is 1.96. The highest BCUT2D eigenvalue weighted by Gasteiger charge is 2.26. The first-order valence-corrected chi connectivity index (χ1v) is 7.07. The smallest absolute Gasteiger partial charge is 0.255 e. The van der Waals surface area contributed by atoms with Crippen LogP contribution in [0.5, 0.6) is 0 Å². The number of hydrogen-bond acceptors (Lipinski definition) is 3.